The molecule has 24 heavy (non-hydrogen) atoms. The van der Waals surface area contributed by atoms with E-state index in [2.05, 4.69) is 10.6 Å². The average Bonchev–Trinajstić information content (AvgIpc) is 2.57. The molecule has 0 aliphatic carbocycles. The lowest BCUT2D eigenvalue weighted by Crippen LogP contribution is -2.47. The summed E-state index contributed by atoms with van der Waals surface area (Å²) < 4.78 is 0. The van der Waals surface area contributed by atoms with Gasteiger partial charge in [0.1, 0.15) is 0 Å². The number of amides is 2. The van der Waals surface area contributed by atoms with Crippen molar-refractivity contribution in [1.82, 2.24) is 5.32 Å². The zero-order valence-corrected chi connectivity index (χ0v) is 13.8. The van der Waals surface area contributed by atoms with E-state index in [0.717, 1.165) is 17.8 Å². The van der Waals surface area contributed by atoms with Gasteiger partial charge in [0.25, 0.3) is 0 Å². The van der Waals surface area contributed by atoms with Gasteiger partial charge in [-0.05, 0) is 29.8 Å². The molecule has 2 aromatic carbocycles. The molecule has 6 heteroatoms. The minimum Gasteiger partial charge on any atom is -0.359 e. The number of halogens is 1. The van der Waals surface area contributed by atoms with Crippen LogP contribution in [-0.2, 0) is 16.0 Å². The van der Waals surface area contributed by atoms with Gasteiger partial charge in [0.15, 0.2) is 0 Å². The van der Waals surface area contributed by atoms with E-state index in [1.807, 2.05) is 41.3 Å². The first-order valence-electron chi connectivity index (χ1n) is 7.77. The lowest BCUT2D eigenvalue weighted by atomic mass is 10.1. The van der Waals surface area contributed by atoms with Crippen molar-refractivity contribution in [2.45, 2.75) is 6.42 Å². The molecule has 0 saturated carbocycles. The largest absolute Gasteiger partial charge is 0.359 e. The zero-order valence-electron chi connectivity index (χ0n) is 13.1. The van der Waals surface area contributed by atoms with Crippen molar-refractivity contribution in [3.63, 3.8) is 0 Å². The predicted octanol–water partition coefficient (Wildman–Crippen LogP) is 2.46. The van der Waals surface area contributed by atoms with Crippen molar-refractivity contribution in [2.75, 3.05) is 29.9 Å². The van der Waals surface area contributed by atoms with E-state index in [1.54, 1.807) is 12.1 Å². The number of nitrogens with one attached hydrogen (secondary N) is 2. The highest BCUT2D eigenvalue weighted by Crippen LogP contribution is 2.26. The van der Waals surface area contributed by atoms with Crippen LogP contribution >= 0.6 is 11.6 Å². The first-order chi connectivity index (χ1) is 11.6. The highest BCUT2D eigenvalue weighted by atomic mass is 35.5. The van der Waals surface area contributed by atoms with Gasteiger partial charge in [0.2, 0.25) is 11.8 Å². The van der Waals surface area contributed by atoms with Gasteiger partial charge in [-0.2, -0.15) is 0 Å². The molecule has 2 aromatic rings. The molecule has 0 spiro atoms. The van der Waals surface area contributed by atoms with E-state index in [9.17, 15) is 9.59 Å². The first-order valence-corrected chi connectivity index (χ1v) is 8.14. The summed E-state index contributed by atoms with van der Waals surface area (Å²) in [5, 5.41) is 6.39. The topological polar surface area (TPSA) is 61.4 Å². The maximum absolute atomic E-state index is 12.3. The minimum absolute atomic E-state index is 0.0106. The number of rotatable bonds is 4. The summed E-state index contributed by atoms with van der Waals surface area (Å²) in [6.07, 6.45) is 0.270. The molecule has 2 amide bonds. The first kappa shape index (κ1) is 16.3. The van der Waals surface area contributed by atoms with Crippen LogP contribution in [0.5, 0.6) is 0 Å². The van der Waals surface area contributed by atoms with Crippen LogP contribution in [0.15, 0.2) is 48.5 Å². The van der Waals surface area contributed by atoms with Gasteiger partial charge in [-0.3, -0.25) is 9.59 Å². The Hall–Kier alpha value is -2.53. The molecule has 124 valence electrons. The molecule has 1 aliphatic heterocycles. The predicted molar refractivity (Wildman–Crippen MR) is 95.5 cm³/mol. The molecule has 0 radical (unpaired) electrons. The Balaban J connectivity index is 1.71. The van der Waals surface area contributed by atoms with Crippen LogP contribution in [0.25, 0.3) is 0 Å². The number of hydrogen-bond acceptors (Lipinski definition) is 3. The quantitative estimate of drug-likeness (QED) is 0.896. The Morgan fingerprint density at radius 3 is 2.67 bits per heavy atom. The van der Waals surface area contributed by atoms with E-state index in [1.165, 1.54) is 0 Å². The van der Waals surface area contributed by atoms with Crippen LogP contribution in [0.1, 0.15) is 5.56 Å². The third kappa shape index (κ3) is 4.06. The number of nitrogens with zero attached hydrogens (tertiary/aromatic N) is 1. The number of anilines is 2. The van der Waals surface area contributed by atoms with Crippen LogP contribution in [0.3, 0.4) is 0 Å². The average molecular weight is 344 g/mol. The second kappa shape index (κ2) is 7.36. The van der Waals surface area contributed by atoms with E-state index in [4.69, 9.17) is 11.6 Å². The molecular formula is C18H18ClN3O2. The summed E-state index contributed by atoms with van der Waals surface area (Å²) in [7, 11) is 0. The molecule has 3 rings (SSSR count). The van der Waals surface area contributed by atoms with Gasteiger partial charge in [0.05, 0.1) is 24.3 Å². The SMILES string of the molecule is O=C1CN(c2ccccc2NC(=O)Cc2ccc(Cl)cc2)CCN1. The zero-order chi connectivity index (χ0) is 16.9. The highest BCUT2D eigenvalue weighted by molar-refractivity contribution is 6.30. The van der Waals surface area contributed by atoms with Gasteiger partial charge >= 0.3 is 0 Å². The summed E-state index contributed by atoms with van der Waals surface area (Å²) >= 11 is 5.86. The normalized spacial score (nSPS) is 14.2. The molecule has 1 fully saturated rings. The smallest absolute Gasteiger partial charge is 0.239 e. The van der Waals surface area contributed by atoms with Gasteiger partial charge in [-0.25, -0.2) is 0 Å². The molecular weight excluding hydrogens is 326 g/mol. The third-order valence-electron chi connectivity index (χ3n) is 3.84. The minimum atomic E-state index is -0.105. The van der Waals surface area contributed by atoms with Crippen molar-refractivity contribution in [1.29, 1.82) is 0 Å². The van der Waals surface area contributed by atoms with Crippen molar-refractivity contribution < 1.29 is 9.59 Å². The summed E-state index contributed by atoms with van der Waals surface area (Å²) in [5.41, 5.74) is 2.47. The van der Waals surface area contributed by atoms with Crippen molar-refractivity contribution in [2.24, 2.45) is 0 Å². The molecule has 2 N–H and O–H groups in total. The summed E-state index contributed by atoms with van der Waals surface area (Å²) in [6, 6.07) is 14.7. The molecule has 0 bridgehead atoms. The van der Waals surface area contributed by atoms with E-state index >= 15 is 0 Å². The van der Waals surface area contributed by atoms with Crippen LogP contribution in [0.2, 0.25) is 5.02 Å². The Morgan fingerprint density at radius 1 is 1.17 bits per heavy atom. The van der Waals surface area contributed by atoms with Crippen molar-refractivity contribution in [3.8, 4) is 0 Å². The van der Waals surface area contributed by atoms with Crippen molar-refractivity contribution in [3.05, 3.63) is 59.1 Å². The van der Waals surface area contributed by atoms with Crippen LogP contribution in [0.4, 0.5) is 11.4 Å². The fraction of sp³-hybridized carbons (Fsp3) is 0.222. The van der Waals surface area contributed by atoms with Crippen LogP contribution in [-0.4, -0.2) is 31.4 Å². The number of para-hydroxylation sites is 2. The highest BCUT2D eigenvalue weighted by Gasteiger charge is 2.19. The number of hydrogen-bond donors (Lipinski definition) is 2. The van der Waals surface area contributed by atoms with Crippen LogP contribution in [0, 0.1) is 0 Å². The number of benzene rings is 2. The molecule has 0 unspecified atom stereocenters. The third-order valence-corrected chi connectivity index (χ3v) is 4.09. The molecule has 1 heterocycles. The second-order valence-corrected chi connectivity index (χ2v) is 6.08. The number of carbonyl (C=O) groups excluding carboxylic acids is 2. The Kier molecular flexibility index (Phi) is 5.01. The second-order valence-electron chi connectivity index (χ2n) is 5.64. The Bertz CT molecular complexity index is 746. The van der Waals surface area contributed by atoms with Gasteiger partial charge in [-0.1, -0.05) is 35.9 Å². The lowest BCUT2D eigenvalue weighted by Gasteiger charge is -2.30. The van der Waals surface area contributed by atoms with Gasteiger partial charge in [-0.15, -0.1) is 0 Å². The summed E-state index contributed by atoms with van der Waals surface area (Å²) in [4.78, 5) is 25.9. The summed E-state index contributed by atoms with van der Waals surface area (Å²) in [6.45, 7) is 1.62. The maximum Gasteiger partial charge on any atom is 0.239 e. The monoisotopic (exact) mass is 343 g/mol. The summed E-state index contributed by atoms with van der Waals surface area (Å²) in [5.74, 6) is -0.116. The van der Waals surface area contributed by atoms with E-state index < -0.39 is 0 Å². The fourth-order valence-electron chi connectivity index (χ4n) is 2.68. The van der Waals surface area contributed by atoms with E-state index in [0.29, 0.717) is 23.8 Å². The molecule has 1 saturated heterocycles. The number of piperazine rings is 1. The molecule has 0 atom stereocenters. The molecule has 0 aromatic heterocycles. The number of carbonyl (C=O) groups is 2. The molecule has 5 nitrogen and oxygen atoms in total. The fourth-order valence-corrected chi connectivity index (χ4v) is 2.81. The van der Waals surface area contributed by atoms with Crippen LogP contribution < -0.4 is 15.5 Å². The lowest BCUT2D eigenvalue weighted by molar-refractivity contribution is -0.120. The maximum atomic E-state index is 12.3. The van der Waals surface area contributed by atoms with Crippen molar-refractivity contribution >= 4 is 34.8 Å². The van der Waals surface area contributed by atoms with Gasteiger partial charge < -0.3 is 15.5 Å². The molecule has 1 aliphatic rings. The standard InChI is InChI=1S/C18H18ClN3O2/c19-14-7-5-13(6-8-14)11-17(23)21-15-3-1-2-4-16(15)22-10-9-20-18(24)12-22/h1-8H,9-12H2,(H,20,24)(H,21,23). The van der Waals surface area contributed by atoms with Gasteiger partial charge in [0, 0.05) is 18.1 Å². The van der Waals surface area contributed by atoms with E-state index in [-0.39, 0.29) is 18.2 Å². The Morgan fingerprint density at radius 2 is 1.92 bits per heavy atom. The Labute approximate surface area is 145 Å².